The molecule has 3 nitrogen and oxygen atoms in total. The Morgan fingerprint density at radius 3 is 2.82 bits per heavy atom. The Bertz CT molecular complexity index is 686. The SMILES string of the molecule is O=C(Cc1ccccc1O)N1CCC[C@@H]1c1cccc(F)c1. The maximum absolute atomic E-state index is 13.4. The van der Waals surface area contributed by atoms with Crippen LogP contribution in [0.25, 0.3) is 0 Å². The molecule has 1 aliphatic heterocycles. The fourth-order valence-corrected chi connectivity index (χ4v) is 3.05. The van der Waals surface area contributed by atoms with Gasteiger partial charge in [0.1, 0.15) is 11.6 Å². The summed E-state index contributed by atoms with van der Waals surface area (Å²) in [6.07, 6.45) is 1.92. The Morgan fingerprint density at radius 1 is 1.23 bits per heavy atom. The quantitative estimate of drug-likeness (QED) is 0.943. The number of carbonyl (C=O) groups is 1. The first-order chi connectivity index (χ1) is 10.6. The Kier molecular flexibility index (Phi) is 4.09. The van der Waals surface area contributed by atoms with E-state index >= 15 is 0 Å². The average Bonchev–Trinajstić information content (AvgIpc) is 2.99. The van der Waals surface area contributed by atoms with Crippen molar-refractivity contribution >= 4 is 5.91 Å². The van der Waals surface area contributed by atoms with Crippen LogP contribution in [0.1, 0.15) is 30.0 Å². The molecule has 1 heterocycles. The van der Waals surface area contributed by atoms with E-state index in [2.05, 4.69) is 0 Å². The Balaban J connectivity index is 1.78. The molecule has 0 bridgehead atoms. The number of rotatable bonds is 3. The summed E-state index contributed by atoms with van der Waals surface area (Å²) in [5.74, 6) is -0.178. The highest BCUT2D eigenvalue weighted by molar-refractivity contribution is 5.80. The lowest BCUT2D eigenvalue weighted by atomic mass is 10.0. The van der Waals surface area contributed by atoms with Gasteiger partial charge in [0.25, 0.3) is 0 Å². The number of para-hydroxylation sites is 1. The van der Waals surface area contributed by atoms with Crippen LogP contribution in [0.4, 0.5) is 4.39 Å². The fourth-order valence-electron chi connectivity index (χ4n) is 3.05. The van der Waals surface area contributed by atoms with E-state index in [1.165, 1.54) is 12.1 Å². The second-order valence-electron chi connectivity index (χ2n) is 5.61. The molecule has 114 valence electrons. The molecule has 3 rings (SSSR count). The minimum atomic E-state index is -0.280. The molecular formula is C18H18FNO2. The molecule has 22 heavy (non-hydrogen) atoms. The molecule has 0 saturated carbocycles. The van der Waals surface area contributed by atoms with Gasteiger partial charge in [-0.2, -0.15) is 0 Å². The summed E-state index contributed by atoms with van der Waals surface area (Å²) in [6.45, 7) is 0.674. The van der Waals surface area contributed by atoms with Gasteiger partial charge in [0.2, 0.25) is 5.91 Å². The lowest BCUT2D eigenvalue weighted by molar-refractivity contribution is -0.131. The third kappa shape index (κ3) is 2.96. The van der Waals surface area contributed by atoms with Crippen molar-refractivity contribution in [3.63, 3.8) is 0 Å². The summed E-state index contributed by atoms with van der Waals surface area (Å²) in [5.41, 5.74) is 1.46. The van der Waals surface area contributed by atoms with E-state index in [4.69, 9.17) is 0 Å². The molecule has 2 aromatic rings. The van der Waals surface area contributed by atoms with Crippen molar-refractivity contribution < 1.29 is 14.3 Å². The van der Waals surface area contributed by atoms with E-state index in [0.717, 1.165) is 18.4 Å². The van der Waals surface area contributed by atoms with Crippen LogP contribution < -0.4 is 0 Å². The number of halogens is 1. The Hall–Kier alpha value is -2.36. The molecular weight excluding hydrogens is 281 g/mol. The van der Waals surface area contributed by atoms with Crippen LogP contribution >= 0.6 is 0 Å². The molecule has 1 aliphatic rings. The lowest BCUT2D eigenvalue weighted by Gasteiger charge is -2.25. The van der Waals surface area contributed by atoms with Crippen molar-refractivity contribution in [2.24, 2.45) is 0 Å². The second kappa shape index (κ2) is 6.18. The predicted octanol–water partition coefficient (Wildman–Crippen LogP) is 3.44. The monoisotopic (exact) mass is 299 g/mol. The summed E-state index contributed by atoms with van der Waals surface area (Å²) in [4.78, 5) is 14.3. The van der Waals surface area contributed by atoms with Crippen molar-refractivity contribution in [2.75, 3.05) is 6.54 Å². The smallest absolute Gasteiger partial charge is 0.227 e. The van der Waals surface area contributed by atoms with Gasteiger partial charge in [-0.05, 0) is 36.6 Å². The molecule has 1 saturated heterocycles. The van der Waals surface area contributed by atoms with Crippen LogP contribution in [0.3, 0.4) is 0 Å². The summed E-state index contributed by atoms with van der Waals surface area (Å²) in [6, 6.07) is 13.2. The predicted molar refractivity (Wildman–Crippen MR) is 81.9 cm³/mol. The number of likely N-dealkylation sites (tertiary alicyclic amines) is 1. The minimum Gasteiger partial charge on any atom is -0.508 e. The first kappa shape index (κ1) is 14.6. The van der Waals surface area contributed by atoms with Crippen LogP contribution in [0.5, 0.6) is 5.75 Å². The van der Waals surface area contributed by atoms with Gasteiger partial charge < -0.3 is 10.0 Å². The molecule has 1 amide bonds. The zero-order valence-corrected chi connectivity index (χ0v) is 12.2. The molecule has 0 radical (unpaired) electrons. The Labute approximate surface area is 129 Å². The molecule has 0 aliphatic carbocycles. The zero-order chi connectivity index (χ0) is 15.5. The fraction of sp³-hybridized carbons (Fsp3) is 0.278. The van der Waals surface area contributed by atoms with E-state index in [1.54, 1.807) is 35.2 Å². The first-order valence-corrected chi connectivity index (χ1v) is 7.47. The van der Waals surface area contributed by atoms with Gasteiger partial charge in [-0.3, -0.25) is 4.79 Å². The van der Waals surface area contributed by atoms with Gasteiger partial charge in [-0.25, -0.2) is 4.39 Å². The van der Waals surface area contributed by atoms with E-state index < -0.39 is 0 Å². The molecule has 0 unspecified atom stereocenters. The number of hydrogen-bond acceptors (Lipinski definition) is 2. The average molecular weight is 299 g/mol. The molecule has 1 atom stereocenters. The van der Waals surface area contributed by atoms with Crippen LogP contribution in [-0.2, 0) is 11.2 Å². The molecule has 1 N–H and O–H groups in total. The summed E-state index contributed by atoms with van der Waals surface area (Å²) in [5, 5.41) is 9.80. The standard InChI is InChI=1S/C18H18FNO2/c19-15-7-3-6-13(11-15)16-8-4-10-20(16)18(22)12-14-5-1-2-9-17(14)21/h1-3,5-7,9,11,16,21H,4,8,10,12H2/t16-/m1/s1. The first-order valence-electron chi connectivity index (χ1n) is 7.47. The molecule has 2 aromatic carbocycles. The van der Waals surface area contributed by atoms with E-state index in [-0.39, 0.29) is 29.9 Å². The van der Waals surface area contributed by atoms with Crippen LogP contribution in [-0.4, -0.2) is 22.5 Å². The topological polar surface area (TPSA) is 40.5 Å². The van der Waals surface area contributed by atoms with E-state index in [0.29, 0.717) is 12.1 Å². The van der Waals surface area contributed by atoms with Gasteiger partial charge in [0.15, 0.2) is 0 Å². The highest BCUT2D eigenvalue weighted by Crippen LogP contribution is 2.33. The number of nitrogens with zero attached hydrogens (tertiary/aromatic N) is 1. The third-order valence-electron chi connectivity index (χ3n) is 4.14. The second-order valence-corrected chi connectivity index (χ2v) is 5.61. The normalized spacial score (nSPS) is 17.7. The number of carbonyl (C=O) groups excluding carboxylic acids is 1. The third-order valence-corrected chi connectivity index (χ3v) is 4.14. The van der Waals surface area contributed by atoms with E-state index in [9.17, 15) is 14.3 Å². The van der Waals surface area contributed by atoms with Crippen LogP contribution in [0, 0.1) is 5.82 Å². The number of amides is 1. The molecule has 0 spiro atoms. The van der Waals surface area contributed by atoms with Gasteiger partial charge in [0.05, 0.1) is 12.5 Å². The van der Waals surface area contributed by atoms with Crippen molar-refractivity contribution in [3.8, 4) is 5.75 Å². The van der Waals surface area contributed by atoms with Crippen molar-refractivity contribution in [2.45, 2.75) is 25.3 Å². The zero-order valence-electron chi connectivity index (χ0n) is 12.2. The Morgan fingerprint density at radius 2 is 2.05 bits per heavy atom. The van der Waals surface area contributed by atoms with Crippen LogP contribution in [0.2, 0.25) is 0 Å². The van der Waals surface area contributed by atoms with Crippen molar-refractivity contribution in [1.82, 2.24) is 4.90 Å². The van der Waals surface area contributed by atoms with Gasteiger partial charge >= 0.3 is 0 Å². The van der Waals surface area contributed by atoms with Gasteiger partial charge in [-0.15, -0.1) is 0 Å². The van der Waals surface area contributed by atoms with Gasteiger partial charge in [-0.1, -0.05) is 30.3 Å². The summed E-state index contributed by atoms with van der Waals surface area (Å²) in [7, 11) is 0. The molecule has 0 aromatic heterocycles. The highest BCUT2D eigenvalue weighted by Gasteiger charge is 2.30. The summed E-state index contributed by atoms with van der Waals surface area (Å²) < 4.78 is 13.4. The van der Waals surface area contributed by atoms with Crippen molar-refractivity contribution in [1.29, 1.82) is 0 Å². The number of phenolic OH excluding ortho intramolecular Hbond substituents is 1. The molecule has 4 heteroatoms. The van der Waals surface area contributed by atoms with Crippen LogP contribution in [0.15, 0.2) is 48.5 Å². The maximum atomic E-state index is 13.4. The van der Waals surface area contributed by atoms with E-state index in [1.807, 2.05) is 6.07 Å². The molecule has 1 fully saturated rings. The number of benzene rings is 2. The number of phenols is 1. The largest absolute Gasteiger partial charge is 0.508 e. The highest BCUT2D eigenvalue weighted by atomic mass is 19.1. The lowest BCUT2D eigenvalue weighted by Crippen LogP contribution is -2.31. The summed E-state index contributed by atoms with van der Waals surface area (Å²) >= 11 is 0. The van der Waals surface area contributed by atoms with Gasteiger partial charge in [0, 0.05) is 12.1 Å². The van der Waals surface area contributed by atoms with Crippen molar-refractivity contribution in [3.05, 3.63) is 65.5 Å². The maximum Gasteiger partial charge on any atom is 0.227 e. The number of aromatic hydroxyl groups is 1. The minimum absolute atomic E-state index is 0.0340. The number of hydrogen-bond donors (Lipinski definition) is 1.